The predicted octanol–water partition coefficient (Wildman–Crippen LogP) is 4.15. The average molecular weight is 364 g/mol. The molecular weight excluding hydrogens is 344 g/mol. The second-order valence-corrected chi connectivity index (χ2v) is 7.22. The molecule has 5 nitrogen and oxygen atoms in total. The van der Waals surface area contributed by atoms with Crippen LogP contribution in [0, 0.1) is 6.92 Å². The summed E-state index contributed by atoms with van der Waals surface area (Å²) in [6.45, 7) is 8.07. The number of aryl methyl sites for hydroxylation is 1. The van der Waals surface area contributed by atoms with Crippen molar-refractivity contribution in [3.05, 3.63) is 58.8 Å². The van der Waals surface area contributed by atoms with Gasteiger partial charge in [0.05, 0.1) is 16.8 Å². The van der Waals surface area contributed by atoms with E-state index in [1.165, 1.54) is 11.3 Å². The van der Waals surface area contributed by atoms with Gasteiger partial charge in [0, 0.05) is 19.3 Å². The van der Waals surface area contributed by atoms with E-state index in [9.17, 15) is 4.79 Å². The zero-order chi connectivity index (χ0) is 18.3. The van der Waals surface area contributed by atoms with Gasteiger partial charge in [-0.25, -0.2) is 9.97 Å². The summed E-state index contributed by atoms with van der Waals surface area (Å²) in [4.78, 5) is 25.4. The lowest BCUT2D eigenvalue weighted by atomic mass is 10.2. The minimum Gasteiger partial charge on any atom is -0.371 e. The van der Waals surface area contributed by atoms with Crippen molar-refractivity contribution in [2.75, 3.05) is 18.0 Å². The van der Waals surface area contributed by atoms with Gasteiger partial charge < -0.3 is 4.90 Å². The molecule has 0 amide bonds. The Bertz CT molecular complexity index is 1140. The van der Waals surface area contributed by atoms with Crippen molar-refractivity contribution in [2.45, 2.75) is 20.8 Å². The lowest BCUT2D eigenvalue weighted by Crippen LogP contribution is -2.22. The number of benzene rings is 1. The molecule has 132 valence electrons. The summed E-state index contributed by atoms with van der Waals surface area (Å²) in [5.74, 6) is 0. The minimum absolute atomic E-state index is 0.0487. The van der Waals surface area contributed by atoms with Gasteiger partial charge in [-0.2, -0.15) is 0 Å². The third-order valence-corrected chi connectivity index (χ3v) is 5.75. The highest BCUT2D eigenvalue weighted by molar-refractivity contribution is 7.25. The van der Waals surface area contributed by atoms with Crippen molar-refractivity contribution in [1.82, 2.24) is 14.5 Å². The molecule has 26 heavy (non-hydrogen) atoms. The van der Waals surface area contributed by atoms with Crippen molar-refractivity contribution in [3.8, 4) is 5.69 Å². The summed E-state index contributed by atoms with van der Waals surface area (Å²) in [5.41, 5.74) is 3.77. The van der Waals surface area contributed by atoms with Crippen molar-refractivity contribution in [1.29, 1.82) is 0 Å². The van der Waals surface area contributed by atoms with Crippen molar-refractivity contribution in [3.63, 3.8) is 0 Å². The molecule has 4 aromatic rings. The lowest BCUT2D eigenvalue weighted by molar-refractivity contribution is 0.870. The first-order valence-electron chi connectivity index (χ1n) is 8.75. The maximum absolute atomic E-state index is 13.1. The van der Waals surface area contributed by atoms with E-state index >= 15 is 0 Å². The third kappa shape index (κ3) is 2.57. The molecule has 0 aliphatic heterocycles. The molecule has 0 fully saturated rings. The van der Waals surface area contributed by atoms with Crippen LogP contribution in [0.1, 0.15) is 19.4 Å². The van der Waals surface area contributed by atoms with Gasteiger partial charge in [-0.15, -0.1) is 11.3 Å². The summed E-state index contributed by atoms with van der Waals surface area (Å²) >= 11 is 1.42. The molecule has 3 heterocycles. The van der Waals surface area contributed by atoms with E-state index in [0.29, 0.717) is 4.70 Å². The average Bonchev–Trinajstić information content (AvgIpc) is 3.04. The van der Waals surface area contributed by atoms with E-state index in [1.807, 2.05) is 43.5 Å². The molecule has 4 rings (SSSR count). The van der Waals surface area contributed by atoms with Crippen molar-refractivity contribution < 1.29 is 0 Å². The van der Waals surface area contributed by atoms with E-state index in [-0.39, 0.29) is 5.56 Å². The van der Waals surface area contributed by atoms with Crippen LogP contribution in [-0.4, -0.2) is 27.6 Å². The second kappa shape index (κ2) is 6.53. The Morgan fingerprint density at radius 2 is 1.81 bits per heavy atom. The van der Waals surface area contributed by atoms with Crippen LogP contribution in [0.2, 0.25) is 0 Å². The molecule has 0 bridgehead atoms. The first-order valence-corrected chi connectivity index (χ1v) is 9.56. The monoisotopic (exact) mass is 364 g/mol. The minimum atomic E-state index is -0.0487. The molecule has 0 aliphatic carbocycles. The normalized spacial score (nSPS) is 11.3. The molecule has 0 saturated carbocycles. The molecule has 0 atom stereocenters. The predicted molar refractivity (Wildman–Crippen MR) is 109 cm³/mol. The van der Waals surface area contributed by atoms with Crippen LogP contribution in [-0.2, 0) is 0 Å². The van der Waals surface area contributed by atoms with E-state index in [4.69, 9.17) is 0 Å². The standard InChI is InChI=1S/C20H20N4OS/c1-4-23(5-2)15-10-11-21-19-16(15)17-18(26-19)20(25)24(12-22-17)14-8-6-13(3)7-9-14/h6-12H,4-5H2,1-3H3. The number of aromatic nitrogens is 3. The number of pyridine rings is 1. The Hall–Kier alpha value is -2.73. The number of hydrogen-bond donors (Lipinski definition) is 0. The largest absolute Gasteiger partial charge is 0.371 e. The Kier molecular flexibility index (Phi) is 4.20. The number of fused-ring (bicyclic) bond motifs is 3. The first kappa shape index (κ1) is 16.7. The third-order valence-electron chi connectivity index (χ3n) is 4.68. The van der Waals surface area contributed by atoms with Crippen LogP contribution in [0.25, 0.3) is 26.1 Å². The van der Waals surface area contributed by atoms with Gasteiger partial charge in [0.15, 0.2) is 0 Å². The van der Waals surface area contributed by atoms with E-state index in [0.717, 1.165) is 45.8 Å². The van der Waals surface area contributed by atoms with Crippen molar-refractivity contribution >= 4 is 37.5 Å². The van der Waals surface area contributed by atoms with E-state index in [2.05, 4.69) is 28.7 Å². The van der Waals surface area contributed by atoms with Gasteiger partial charge in [0.2, 0.25) is 0 Å². The van der Waals surface area contributed by atoms with Gasteiger partial charge in [-0.05, 0) is 39.0 Å². The summed E-state index contributed by atoms with van der Waals surface area (Å²) in [6, 6.07) is 9.89. The maximum atomic E-state index is 13.1. The molecule has 0 spiro atoms. The van der Waals surface area contributed by atoms with Crippen molar-refractivity contribution in [2.24, 2.45) is 0 Å². The Morgan fingerprint density at radius 1 is 1.08 bits per heavy atom. The lowest BCUT2D eigenvalue weighted by Gasteiger charge is -2.21. The Labute approximate surface area is 155 Å². The fraction of sp³-hybridized carbons (Fsp3) is 0.250. The van der Waals surface area contributed by atoms with Gasteiger partial charge in [-0.3, -0.25) is 9.36 Å². The molecule has 0 saturated heterocycles. The molecule has 0 N–H and O–H groups in total. The topological polar surface area (TPSA) is 51.0 Å². The Balaban J connectivity index is 1.99. The maximum Gasteiger partial charge on any atom is 0.275 e. The van der Waals surface area contributed by atoms with Crippen LogP contribution < -0.4 is 10.5 Å². The van der Waals surface area contributed by atoms with Gasteiger partial charge in [0.25, 0.3) is 5.56 Å². The van der Waals surface area contributed by atoms with E-state index < -0.39 is 0 Å². The number of hydrogen-bond acceptors (Lipinski definition) is 5. The van der Waals surface area contributed by atoms with Gasteiger partial charge in [-0.1, -0.05) is 17.7 Å². The molecule has 1 aromatic carbocycles. The number of rotatable bonds is 4. The van der Waals surface area contributed by atoms with Crippen LogP contribution in [0.3, 0.4) is 0 Å². The zero-order valence-corrected chi connectivity index (χ0v) is 15.9. The highest BCUT2D eigenvalue weighted by Gasteiger charge is 2.18. The van der Waals surface area contributed by atoms with Gasteiger partial charge >= 0.3 is 0 Å². The van der Waals surface area contributed by atoms with E-state index in [1.54, 1.807) is 10.9 Å². The second-order valence-electron chi connectivity index (χ2n) is 6.22. The highest BCUT2D eigenvalue weighted by Crippen LogP contribution is 2.35. The molecule has 0 unspecified atom stereocenters. The van der Waals surface area contributed by atoms with Crippen LogP contribution in [0.4, 0.5) is 5.69 Å². The molecule has 0 aliphatic rings. The molecule has 3 aromatic heterocycles. The van der Waals surface area contributed by atoms with Crippen LogP contribution in [0.5, 0.6) is 0 Å². The summed E-state index contributed by atoms with van der Waals surface area (Å²) in [5, 5.41) is 0.976. The summed E-state index contributed by atoms with van der Waals surface area (Å²) < 4.78 is 2.25. The number of thiophene rings is 1. The summed E-state index contributed by atoms with van der Waals surface area (Å²) in [6.07, 6.45) is 3.43. The van der Waals surface area contributed by atoms with Gasteiger partial charge in [0.1, 0.15) is 21.4 Å². The quantitative estimate of drug-likeness (QED) is 0.546. The number of anilines is 1. The SMILES string of the molecule is CCN(CC)c1ccnc2sc3c(=O)n(-c4ccc(C)cc4)cnc3c12. The molecular formula is C20H20N4OS. The van der Waals surface area contributed by atoms with Crippen LogP contribution in [0.15, 0.2) is 47.7 Å². The van der Waals surface area contributed by atoms with Crippen LogP contribution >= 0.6 is 11.3 Å². The molecule has 0 radical (unpaired) electrons. The Morgan fingerprint density at radius 3 is 2.50 bits per heavy atom. The fourth-order valence-electron chi connectivity index (χ4n) is 3.25. The fourth-order valence-corrected chi connectivity index (χ4v) is 4.30. The first-order chi connectivity index (χ1) is 12.6. The zero-order valence-electron chi connectivity index (χ0n) is 15.1. The summed E-state index contributed by atoms with van der Waals surface area (Å²) in [7, 11) is 0. The number of nitrogens with zero attached hydrogens (tertiary/aromatic N) is 4. The smallest absolute Gasteiger partial charge is 0.275 e. The molecule has 6 heteroatoms. The highest BCUT2D eigenvalue weighted by atomic mass is 32.1.